The Hall–Kier alpha value is -4.78. The van der Waals surface area contributed by atoms with Gasteiger partial charge in [-0.05, 0) is 53.9 Å². The van der Waals surface area contributed by atoms with Crippen molar-refractivity contribution in [1.29, 1.82) is 0 Å². The highest BCUT2D eigenvalue weighted by atomic mass is 16.5. The van der Waals surface area contributed by atoms with Gasteiger partial charge in [0.1, 0.15) is 5.76 Å². The second-order valence-electron chi connectivity index (χ2n) is 9.39. The fourth-order valence-corrected chi connectivity index (χ4v) is 4.73. The molecule has 2 heterocycles. The van der Waals surface area contributed by atoms with Crippen LogP contribution in [0.4, 0.5) is 0 Å². The van der Waals surface area contributed by atoms with E-state index in [9.17, 15) is 19.5 Å². The van der Waals surface area contributed by atoms with Crippen molar-refractivity contribution in [3.8, 4) is 0 Å². The van der Waals surface area contributed by atoms with Crippen LogP contribution in [0.2, 0.25) is 0 Å². The molecule has 3 aromatic carbocycles. The highest BCUT2D eigenvalue weighted by Gasteiger charge is 2.46. The number of Topliss-reactive ketones (excluding diaryl/α,β-unsaturated/α-hetero) is 1. The van der Waals surface area contributed by atoms with Crippen LogP contribution in [0.1, 0.15) is 46.9 Å². The number of likely N-dealkylation sites (tertiary alicyclic amines) is 1. The number of amides is 1. The molecule has 190 valence electrons. The molecule has 1 atom stereocenters. The Morgan fingerprint density at radius 2 is 1.71 bits per heavy atom. The number of esters is 1. The Morgan fingerprint density at radius 3 is 2.42 bits per heavy atom. The first kappa shape index (κ1) is 24.9. The Labute approximate surface area is 220 Å². The van der Waals surface area contributed by atoms with Gasteiger partial charge in [-0.25, -0.2) is 4.79 Å². The van der Waals surface area contributed by atoms with Crippen LogP contribution in [0.15, 0.2) is 96.8 Å². The zero-order chi connectivity index (χ0) is 26.8. The summed E-state index contributed by atoms with van der Waals surface area (Å²) in [5.74, 6) is -2.15. The van der Waals surface area contributed by atoms with Gasteiger partial charge in [-0.1, -0.05) is 60.7 Å². The van der Waals surface area contributed by atoms with Crippen LogP contribution in [0.5, 0.6) is 0 Å². The molecule has 1 aliphatic rings. The molecule has 1 N–H and O–H groups in total. The average molecular weight is 507 g/mol. The fraction of sp³-hybridized carbons (Fsp3) is 0.161. The molecule has 0 bridgehead atoms. The van der Waals surface area contributed by atoms with Crippen LogP contribution in [0, 0.1) is 0 Å². The minimum absolute atomic E-state index is 0.0106. The summed E-state index contributed by atoms with van der Waals surface area (Å²) in [6.07, 6.45) is 2.95. The Morgan fingerprint density at radius 1 is 0.974 bits per heavy atom. The lowest BCUT2D eigenvalue weighted by atomic mass is 9.94. The summed E-state index contributed by atoms with van der Waals surface area (Å²) in [4.78, 5) is 44.6. The molecular formula is C31H26N2O5. The van der Waals surface area contributed by atoms with E-state index < -0.39 is 23.7 Å². The summed E-state index contributed by atoms with van der Waals surface area (Å²) < 4.78 is 5.24. The van der Waals surface area contributed by atoms with Gasteiger partial charge in [0.05, 0.1) is 23.3 Å². The summed E-state index contributed by atoms with van der Waals surface area (Å²) >= 11 is 0. The third kappa shape index (κ3) is 4.66. The summed E-state index contributed by atoms with van der Waals surface area (Å²) in [6.45, 7) is 3.65. The van der Waals surface area contributed by atoms with Crippen molar-refractivity contribution in [3.63, 3.8) is 0 Å². The van der Waals surface area contributed by atoms with Crippen molar-refractivity contribution in [1.82, 2.24) is 9.88 Å². The van der Waals surface area contributed by atoms with E-state index in [2.05, 4.69) is 4.98 Å². The van der Waals surface area contributed by atoms with Gasteiger partial charge in [0.2, 0.25) is 0 Å². The molecule has 7 heteroatoms. The maximum absolute atomic E-state index is 13.4. The highest BCUT2D eigenvalue weighted by Crippen LogP contribution is 2.41. The molecule has 0 radical (unpaired) electrons. The van der Waals surface area contributed by atoms with Gasteiger partial charge in [-0.15, -0.1) is 0 Å². The number of rotatable bonds is 6. The van der Waals surface area contributed by atoms with E-state index in [0.717, 1.165) is 10.8 Å². The number of aliphatic hydroxyl groups excluding tert-OH is 1. The topological polar surface area (TPSA) is 96.8 Å². The van der Waals surface area contributed by atoms with E-state index >= 15 is 0 Å². The van der Waals surface area contributed by atoms with Crippen molar-refractivity contribution in [2.75, 3.05) is 0 Å². The molecule has 7 nitrogen and oxygen atoms in total. The average Bonchev–Trinajstić information content (AvgIpc) is 3.17. The second-order valence-corrected chi connectivity index (χ2v) is 9.39. The molecule has 0 saturated carbocycles. The van der Waals surface area contributed by atoms with Crippen molar-refractivity contribution in [3.05, 3.63) is 119 Å². The van der Waals surface area contributed by atoms with Gasteiger partial charge in [0, 0.05) is 24.5 Å². The summed E-state index contributed by atoms with van der Waals surface area (Å²) in [5, 5.41) is 13.2. The van der Waals surface area contributed by atoms with Crippen molar-refractivity contribution in [2.24, 2.45) is 0 Å². The highest BCUT2D eigenvalue weighted by molar-refractivity contribution is 6.46. The molecular weight excluding hydrogens is 480 g/mol. The maximum atomic E-state index is 13.4. The maximum Gasteiger partial charge on any atom is 0.338 e. The second kappa shape index (κ2) is 10.3. The molecule has 38 heavy (non-hydrogen) atoms. The molecule has 1 aliphatic heterocycles. The SMILES string of the molecule is CC(C)OC(=O)c1ccc(CN2C(=O)C(=O)/C(=C(\O)c3cccc4ccccc34)C2c2cccnc2)cc1. The number of pyridine rings is 1. The molecule has 1 fully saturated rings. The van der Waals surface area contributed by atoms with E-state index in [1.807, 2.05) is 30.3 Å². The molecule has 1 unspecified atom stereocenters. The molecule has 1 aromatic heterocycles. The van der Waals surface area contributed by atoms with Crippen LogP contribution in [0.25, 0.3) is 16.5 Å². The third-order valence-electron chi connectivity index (χ3n) is 6.47. The lowest BCUT2D eigenvalue weighted by molar-refractivity contribution is -0.140. The van der Waals surface area contributed by atoms with Gasteiger partial charge in [0.25, 0.3) is 11.7 Å². The summed E-state index contributed by atoms with van der Waals surface area (Å²) in [7, 11) is 0. The van der Waals surface area contributed by atoms with Crippen LogP contribution < -0.4 is 0 Å². The van der Waals surface area contributed by atoms with Gasteiger partial charge in [-0.2, -0.15) is 0 Å². The standard InChI is InChI=1S/C31H26N2O5/c1-19(2)38-31(37)22-14-12-20(13-15-22)18-33-27(23-9-6-16-32-17-23)26(29(35)30(33)36)28(34)25-11-5-8-21-7-3-4-10-24(21)25/h3-17,19,27,34H,18H2,1-2H3/b28-26-. The Kier molecular flexibility index (Phi) is 6.75. The van der Waals surface area contributed by atoms with E-state index in [0.29, 0.717) is 22.3 Å². The van der Waals surface area contributed by atoms with Crippen molar-refractivity contribution in [2.45, 2.75) is 32.5 Å². The van der Waals surface area contributed by atoms with Gasteiger partial charge in [-0.3, -0.25) is 14.6 Å². The normalized spacial score (nSPS) is 16.8. The van der Waals surface area contributed by atoms with E-state index in [-0.39, 0.29) is 24.0 Å². The van der Waals surface area contributed by atoms with Crippen LogP contribution in [-0.4, -0.2) is 38.8 Å². The number of nitrogens with zero attached hydrogens (tertiary/aromatic N) is 2. The van der Waals surface area contributed by atoms with E-state index in [4.69, 9.17) is 4.74 Å². The Balaban J connectivity index is 1.57. The van der Waals surface area contributed by atoms with Gasteiger partial charge >= 0.3 is 5.97 Å². The number of benzene rings is 3. The Bertz CT molecular complexity index is 1550. The largest absolute Gasteiger partial charge is 0.507 e. The molecule has 1 saturated heterocycles. The summed E-state index contributed by atoms with van der Waals surface area (Å²) in [6, 6.07) is 22.4. The molecule has 5 rings (SSSR count). The van der Waals surface area contributed by atoms with Crippen LogP contribution >= 0.6 is 0 Å². The number of carbonyl (C=O) groups excluding carboxylic acids is 3. The number of hydrogen-bond acceptors (Lipinski definition) is 6. The lowest BCUT2D eigenvalue weighted by Gasteiger charge is -2.25. The number of aromatic nitrogens is 1. The van der Waals surface area contributed by atoms with Gasteiger partial charge in [0.15, 0.2) is 0 Å². The fourth-order valence-electron chi connectivity index (χ4n) is 4.73. The van der Waals surface area contributed by atoms with Crippen molar-refractivity contribution < 1.29 is 24.2 Å². The molecule has 4 aromatic rings. The van der Waals surface area contributed by atoms with Crippen LogP contribution in [0.3, 0.4) is 0 Å². The first-order valence-corrected chi connectivity index (χ1v) is 12.3. The van der Waals surface area contributed by atoms with Gasteiger partial charge < -0.3 is 14.7 Å². The minimum Gasteiger partial charge on any atom is -0.507 e. The number of aliphatic hydroxyl groups is 1. The minimum atomic E-state index is -0.840. The van der Waals surface area contributed by atoms with E-state index in [1.54, 1.807) is 74.8 Å². The predicted molar refractivity (Wildman–Crippen MR) is 143 cm³/mol. The molecule has 1 amide bonds. The smallest absolute Gasteiger partial charge is 0.338 e. The summed E-state index contributed by atoms with van der Waals surface area (Å²) in [5.41, 5.74) is 2.20. The third-order valence-corrected chi connectivity index (χ3v) is 6.47. The number of carbonyl (C=O) groups is 3. The number of fused-ring (bicyclic) bond motifs is 1. The molecule has 0 aliphatic carbocycles. The number of hydrogen-bond donors (Lipinski definition) is 1. The zero-order valence-electron chi connectivity index (χ0n) is 21.0. The monoisotopic (exact) mass is 506 g/mol. The number of ketones is 1. The lowest BCUT2D eigenvalue weighted by Crippen LogP contribution is -2.29. The first-order valence-electron chi connectivity index (χ1n) is 12.3. The predicted octanol–water partition coefficient (Wildman–Crippen LogP) is 5.42. The quantitative estimate of drug-likeness (QED) is 0.162. The van der Waals surface area contributed by atoms with Crippen LogP contribution in [-0.2, 0) is 20.9 Å². The first-order chi connectivity index (χ1) is 18.3. The molecule has 0 spiro atoms. The number of ether oxygens (including phenoxy) is 1. The zero-order valence-corrected chi connectivity index (χ0v) is 21.0. The van der Waals surface area contributed by atoms with E-state index in [1.165, 1.54) is 4.90 Å². The van der Waals surface area contributed by atoms with Crippen molar-refractivity contribution >= 4 is 34.2 Å².